The summed E-state index contributed by atoms with van der Waals surface area (Å²) in [7, 11) is -3.60. The second-order valence-corrected chi connectivity index (χ2v) is 9.57. The molecule has 2 aliphatic rings. The van der Waals surface area contributed by atoms with Gasteiger partial charge in [-0.15, -0.1) is 0 Å². The van der Waals surface area contributed by atoms with E-state index in [4.69, 9.17) is 0 Å². The number of nitrogens with zero attached hydrogens (tertiary/aromatic N) is 2. The number of anilines is 1. The average molecular weight is 422 g/mol. The molecule has 1 N–H and O–H groups in total. The van der Waals surface area contributed by atoms with Gasteiger partial charge in [0.25, 0.3) is 0 Å². The van der Waals surface area contributed by atoms with Crippen LogP contribution in [-0.2, 0) is 24.4 Å². The van der Waals surface area contributed by atoms with Crippen LogP contribution >= 0.6 is 0 Å². The van der Waals surface area contributed by atoms with Gasteiger partial charge in [0.05, 0.1) is 4.90 Å². The largest absolute Gasteiger partial charge is 0.326 e. The van der Waals surface area contributed by atoms with E-state index in [1.807, 2.05) is 13.8 Å². The molecular weight excluding hydrogens is 394 g/mol. The van der Waals surface area contributed by atoms with Crippen molar-refractivity contribution in [2.45, 2.75) is 69.4 Å². The summed E-state index contributed by atoms with van der Waals surface area (Å²) >= 11 is 0. The molecule has 0 aliphatic carbocycles. The standard InChI is InChI=1S/C20H27N3O5S/c1-14-4-3-5-15(2)23(14)29(27,28)17-8-6-16(7-9-17)21-18(24)12-13-22-19(25)10-11-20(22)26/h6-9,14-15H,3-5,10-13H2,1-2H3,(H,21,24)/t14-,15+. The SMILES string of the molecule is C[C@@H]1CCC[C@H](C)N1S(=O)(=O)c1ccc(NC(=O)CCN2C(=O)CCC2=O)cc1. The van der Waals surface area contributed by atoms with Crippen molar-refractivity contribution >= 4 is 33.4 Å². The first kappa shape index (κ1) is 21.4. The van der Waals surface area contributed by atoms with E-state index in [0.29, 0.717) is 5.69 Å². The summed E-state index contributed by atoms with van der Waals surface area (Å²) in [5.74, 6) is -0.844. The molecule has 8 nitrogen and oxygen atoms in total. The van der Waals surface area contributed by atoms with Crippen LogP contribution in [0.25, 0.3) is 0 Å². The van der Waals surface area contributed by atoms with Crippen LogP contribution < -0.4 is 5.32 Å². The quantitative estimate of drug-likeness (QED) is 0.709. The number of carbonyl (C=O) groups is 3. The van der Waals surface area contributed by atoms with Crippen molar-refractivity contribution in [2.24, 2.45) is 0 Å². The Hall–Kier alpha value is -2.26. The van der Waals surface area contributed by atoms with Crippen molar-refractivity contribution in [1.29, 1.82) is 0 Å². The molecule has 0 saturated carbocycles. The molecule has 2 aliphatic heterocycles. The third-order valence-electron chi connectivity index (χ3n) is 5.54. The number of hydrogen-bond donors (Lipinski definition) is 1. The topological polar surface area (TPSA) is 104 Å². The predicted octanol–water partition coefficient (Wildman–Crippen LogP) is 2.12. The molecule has 3 amide bonds. The van der Waals surface area contributed by atoms with Gasteiger partial charge < -0.3 is 5.32 Å². The van der Waals surface area contributed by atoms with E-state index in [1.54, 1.807) is 16.4 Å². The van der Waals surface area contributed by atoms with Gasteiger partial charge >= 0.3 is 0 Å². The zero-order valence-corrected chi connectivity index (χ0v) is 17.6. The van der Waals surface area contributed by atoms with E-state index < -0.39 is 10.0 Å². The average Bonchev–Trinajstić information content (AvgIpc) is 2.98. The van der Waals surface area contributed by atoms with Gasteiger partial charge in [0.15, 0.2) is 0 Å². The molecule has 0 unspecified atom stereocenters. The van der Waals surface area contributed by atoms with Gasteiger partial charge in [-0.2, -0.15) is 4.31 Å². The molecule has 158 valence electrons. The zero-order chi connectivity index (χ0) is 21.2. The van der Waals surface area contributed by atoms with Crippen LogP contribution in [0.15, 0.2) is 29.2 Å². The lowest BCUT2D eigenvalue weighted by atomic mass is 10.0. The molecule has 0 spiro atoms. The number of rotatable bonds is 6. The van der Waals surface area contributed by atoms with Crippen LogP contribution in [0.4, 0.5) is 5.69 Å². The first-order valence-corrected chi connectivity index (χ1v) is 11.4. The summed E-state index contributed by atoms with van der Waals surface area (Å²) in [6.07, 6.45) is 3.11. The Morgan fingerprint density at radius 1 is 1.03 bits per heavy atom. The Labute approximate surface area is 171 Å². The van der Waals surface area contributed by atoms with E-state index >= 15 is 0 Å². The van der Waals surface area contributed by atoms with Gasteiger partial charge in [0.2, 0.25) is 27.7 Å². The molecular formula is C20H27N3O5S. The molecule has 0 bridgehead atoms. The number of imide groups is 1. The maximum Gasteiger partial charge on any atom is 0.243 e. The summed E-state index contributed by atoms with van der Waals surface area (Å²) in [6.45, 7) is 3.91. The first-order chi connectivity index (χ1) is 13.7. The summed E-state index contributed by atoms with van der Waals surface area (Å²) < 4.78 is 27.6. The lowest BCUT2D eigenvalue weighted by Crippen LogP contribution is -2.47. The smallest absolute Gasteiger partial charge is 0.243 e. The fraction of sp³-hybridized carbons (Fsp3) is 0.550. The molecule has 2 fully saturated rings. The van der Waals surface area contributed by atoms with Crippen molar-refractivity contribution in [2.75, 3.05) is 11.9 Å². The van der Waals surface area contributed by atoms with Crippen LogP contribution in [0.5, 0.6) is 0 Å². The number of benzene rings is 1. The lowest BCUT2D eigenvalue weighted by molar-refractivity contribution is -0.138. The van der Waals surface area contributed by atoms with Crippen molar-refractivity contribution in [1.82, 2.24) is 9.21 Å². The lowest BCUT2D eigenvalue weighted by Gasteiger charge is -2.37. The molecule has 9 heteroatoms. The highest BCUT2D eigenvalue weighted by atomic mass is 32.2. The van der Waals surface area contributed by atoms with Crippen LogP contribution in [0, 0.1) is 0 Å². The van der Waals surface area contributed by atoms with Crippen molar-refractivity contribution in [3.8, 4) is 0 Å². The minimum atomic E-state index is -3.60. The number of piperidine rings is 1. The molecule has 29 heavy (non-hydrogen) atoms. The van der Waals surface area contributed by atoms with Gasteiger partial charge in [0.1, 0.15) is 0 Å². The molecule has 1 aromatic rings. The minimum absolute atomic E-state index is 0.000335. The van der Waals surface area contributed by atoms with E-state index in [-0.39, 0.29) is 60.5 Å². The highest BCUT2D eigenvalue weighted by Gasteiger charge is 2.35. The van der Waals surface area contributed by atoms with Crippen LogP contribution in [-0.4, -0.2) is 54.0 Å². The second-order valence-electron chi connectivity index (χ2n) is 7.73. The number of nitrogens with one attached hydrogen (secondary N) is 1. The maximum atomic E-state index is 13.0. The number of amides is 3. The summed E-state index contributed by atoms with van der Waals surface area (Å²) in [5, 5.41) is 2.67. The normalized spacial score (nSPS) is 23.4. The third-order valence-corrected chi connectivity index (χ3v) is 7.69. The fourth-order valence-electron chi connectivity index (χ4n) is 4.01. The Kier molecular flexibility index (Phi) is 6.38. The van der Waals surface area contributed by atoms with Crippen LogP contribution in [0.3, 0.4) is 0 Å². The van der Waals surface area contributed by atoms with Crippen LogP contribution in [0.1, 0.15) is 52.4 Å². The Bertz CT molecular complexity index is 871. The van der Waals surface area contributed by atoms with E-state index in [1.165, 1.54) is 12.1 Å². The monoisotopic (exact) mass is 421 g/mol. The predicted molar refractivity (Wildman–Crippen MR) is 107 cm³/mol. The third kappa shape index (κ3) is 4.67. The van der Waals surface area contributed by atoms with Crippen molar-refractivity contribution < 1.29 is 22.8 Å². The van der Waals surface area contributed by atoms with Gasteiger partial charge in [-0.25, -0.2) is 8.42 Å². The second kappa shape index (κ2) is 8.62. The van der Waals surface area contributed by atoms with Gasteiger partial charge in [-0.05, 0) is 51.0 Å². The van der Waals surface area contributed by atoms with E-state index in [2.05, 4.69) is 5.32 Å². The maximum absolute atomic E-state index is 13.0. The molecule has 2 atom stereocenters. The number of sulfonamides is 1. The summed E-state index contributed by atoms with van der Waals surface area (Å²) in [4.78, 5) is 36.6. The van der Waals surface area contributed by atoms with Crippen molar-refractivity contribution in [3.63, 3.8) is 0 Å². The van der Waals surface area contributed by atoms with E-state index in [0.717, 1.165) is 24.2 Å². The highest BCUT2D eigenvalue weighted by Crippen LogP contribution is 2.30. The number of hydrogen-bond acceptors (Lipinski definition) is 5. The Morgan fingerprint density at radius 3 is 2.14 bits per heavy atom. The van der Waals surface area contributed by atoms with Gasteiger partial charge in [-0.1, -0.05) is 6.42 Å². The molecule has 2 saturated heterocycles. The minimum Gasteiger partial charge on any atom is -0.326 e. The van der Waals surface area contributed by atoms with Crippen molar-refractivity contribution in [3.05, 3.63) is 24.3 Å². The Balaban J connectivity index is 1.61. The highest BCUT2D eigenvalue weighted by molar-refractivity contribution is 7.89. The molecule has 2 heterocycles. The first-order valence-electron chi connectivity index (χ1n) is 9.97. The van der Waals surface area contributed by atoms with Crippen LogP contribution in [0.2, 0.25) is 0 Å². The van der Waals surface area contributed by atoms with Gasteiger partial charge in [-0.3, -0.25) is 19.3 Å². The number of likely N-dealkylation sites (tertiary alicyclic amines) is 1. The summed E-state index contributed by atoms with van der Waals surface area (Å²) in [5.41, 5.74) is 0.466. The molecule has 3 rings (SSSR count). The fourth-order valence-corrected chi connectivity index (χ4v) is 5.89. The molecule has 0 radical (unpaired) electrons. The van der Waals surface area contributed by atoms with E-state index in [9.17, 15) is 22.8 Å². The Morgan fingerprint density at radius 2 is 1.59 bits per heavy atom. The number of carbonyl (C=O) groups excluding carboxylic acids is 3. The van der Waals surface area contributed by atoms with Gasteiger partial charge in [0, 0.05) is 43.6 Å². The zero-order valence-electron chi connectivity index (χ0n) is 16.8. The molecule has 1 aromatic carbocycles. The molecule has 0 aromatic heterocycles. The summed E-state index contributed by atoms with van der Waals surface area (Å²) in [6, 6.07) is 6.00.